The zero-order valence-corrected chi connectivity index (χ0v) is 34.6. The molecule has 0 radical (unpaired) electrons. The van der Waals surface area contributed by atoms with Crippen LogP contribution in [0.25, 0.3) is 66.8 Å². The standard InChI is InChI=1S/C57H39N3S/c1-56(2)45-23-8-10-25-47(45)57(48-26-11-9-24-46(48)56)49-27-12-13-29-51(49)61-52-44(22-15-28-50(52)57)38-19-14-20-40(34-38)54-58-53(37-17-4-3-5-18-37)59-55(60-54)41-32-33-43-39(35-41)31-30-36-16-6-7-21-42(36)43/h3-35H,1-2H3. The van der Waals surface area contributed by atoms with Crippen LogP contribution in [-0.4, -0.2) is 15.0 Å². The van der Waals surface area contributed by atoms with Crippen molar-refractivity contribution in [3.8, 4) is 45.3 Å². The lowest BCUT2D eigenvalue weighted by atomic mass is 9.54. The highest BCUT2D eigenvalue weighted by molar-refractivity contribution is 7.99. The fraction of sp³-hybridized carbons (Fsp3) is 0.0702. The Morgan fingerprint density at radius 1 is 0.361 bits per heavy atom. The quantitative estimate of drug-likeness (QED) is 0.166. The molecule has 0 bridgehead atoms. The number of benzene rings is 9. The molecule has 0 amide bonds. The van der Waals surface area contributed by atoms with Gasteiger partial charge in [0.15, 0.2) is 17.5 Å². The van der Waals surface area contributed by atoms with Crippen LogP contribution in [0.5, 0.6) is 0 Å². The van der Waals surface area contributed by atoms with Crippen LogP contribution in [0.3, 0.4) is 0 Å². The molecule has 1 aromatic heterocycles. The molecule has 1 spiro atoms. The van der Waals surface area contributed by atoms with Crippen molar-refractivity contribution in [1.82, 2.24) is 15.0 Å². The van der Waals surface area contributed by atoms with Gasteiger partial charge >= 0.3 is 0 Å². The van der Waals surface area contributed by atoms with E-state index in [-0.39, 0.29) is 5.41 Å². The Morgan fingerprint density at radius 3 is 1.64 bits per heavy atom. The third-order valence-corrected chi connectivity index (χ3v) is 14.3. The Morgan fingerprint density at radius 2 is 0.885 bits per heavy atom. The van der Waals surface area contributed by atoms with Gasteiger partial charge in [-0.1, -0.05) is 208 Å². The van der Waals surface area contributed by atoms with E-state index in [0.29, 0.717) is 17.5 Å². The zero-order valence-electron chi connectivity index (χ0n) is 33.8. The van der Waals surface area contributed by atoms with E-state index >= 15 is 0 Å². The van der Waals surface area contributed by atoms with Crippen LogP contribution in [0.2, 0.25) is 0 Å². The second-order valence-corrected chi connectivity index (χ2v) is 17.8. The largest absolute Gasteiger partial charge is 0.208 e. The summed E-state index contributed by atoms with van der Waals surface area (Å²) in [6.45, 7) is 4.75. The second kappa shape index (κ2) is 13.7. The van der Waals surface area contributed by atoms with Crippen LogP contribution >= 0.6 is 11.8 Å². The Labute approximate surface area is 359 Å². The number of hydrogen-bond acceptors (Lipinski definition) is 4. The van der Waals surface area contributed by atoms with Crippen molar-refractivity contribution in [3.05, 3.63) is 234 Å². The van der Waals surface area contributed by atoms with Gasteiger partial charge in [0, 0.05) is 31.9 Å². The van der Waals surface area contributed by atoms with Crippen molar-refractivity contribution in [1.29, 1.82) is 0 Å². The van der Waals surface area contributed by atoms with Gasteiger partial charge in [-0.25, -0.2) is 15.0 Å². The van der Waals surface area contributed by atoms with Crippen LogP contribution in [0, 0.1) is 0 Å². The SMILES string of the molecule is CC1(C)c2ccccc2C2(c3ccccc3Sc3c(-c4cccc(-c5nc(-c6ccccc6)nc(-c6ccc7c(ccc8ccccc87)c6)n5)c4)cccc32)c2ccccc21. The molecule has 4 heteroatoms. The summed E-state index contributed by atoms with van der Waals surface area (Å²) in [5.41, 5.74) is 12.6. The average molecular weight is 798 g/mol. The predicted octanol–water partition coefficient (Wildman–Crippen LogP) is 14.3. The molecule has 1 aliphatic carbocycles. The molecule has 2 aliphatic rings. The minimum absolute atomic E-state index is 0.159. The smallest absolute Gasteiger partial charge is 0.164 e. The Balaban J connectivity index is 1.04. The Kier molecular flexibility index (Phi) is 8.04. The zero-order chi connectivity index (χ0) is 40.7. The first-order chi connectivity index (χ1) is 30.0. The minimum Gasteiger partial charge on any atom is -0.208 e. The van der Waals surface area contributed by atoms with E-state index in [1.807, 2.05) is 30.0 Å². The second-order valence-electron chi connectivity index (χ2n) is 16.7. The van der Waals surface area contributed by atoms with Gasteiger partial charge in [0.05, 0.1) is 5.41 Å². The van der Waals surface area contributed by atoms with Gasteiger partial charge < -0.3 is 0 Å². The molecule has 0 fully saturated rings. The lowest BCUT2D eigenvalue weighted by Gasteiger charge is -2.50. The van der Waals surface area contributed by atoms with Gasteiger partial charge in [0.1, 0.15) is 0 Å². The van der Waals surface area contributed by atoms with Crippen LogP contribution in [0.15, 0.2) is 210 Å². The molecule has 0 N–H and O–H groups in total. The van der Waals surface area contributed by atoms with Crippen molar-refractivity contribution < 1.29 is 0 Å². The maximum atomic E-state index is 5.23. The molecule has 0 saturated heterocycles. The highest BCUT2D eigenvalue weighted by Crippen LogP contribution is 2.62. The van der Waals surface area contributed by atoms with Crippen LogP contribution < -0.4 is 0 Å². The van der Waals surface area contributed by atoms with Crippen LogP contribution in [-0.2, 0) is 10.8 Å². The van der Waals surface area contributed by atoms with Crippen molar-refractivity contribution in [3.63, 3.8) is 0 Å². The molecule has 1 aliphatic heterocycles. The van der Waals surface area contributed by atoms with Gasteiger partial charge in [-0.2, -0.15) is 0 Å². The van der Waals surface area contributed by atoms with E-state index in [1.165, 1.54) is 64.9 Å². The first-order valence-electron chi connectivity index (χ1n) is 20.9. The van der Waals surface area contributed by atoms with Crippen LogP contribution in [0.1, 0.15) is 47.2 Å². The normalized spacial score (nSPS) is 14.3. The summed E-state index contributed by atoms with van der Waals surface area (Å²) in [5, 5.41) is 4.83. The highest BCUT2D eigenvalue weighted by atomic mass is 32.2. The maximum absolute atomic E-state index is 5.23. The summed E-state index contributed by atoms with van der Waals surface area (Å²) in [7, 11) is 0. The molecule has 0 atom stereocenters. The van der Waals surface area contributed by atoms with E-state index < -0.39 is 5.41 Å². The first kappa shape index (κ1) is 35.8. The summed E-state index contributed by atoms with van der Waals surface area (Å²) < 4.78 is 0. The van der Waals surface area contributed by atoms with Crippen LogP contribution in [0.4, 0.5) is 0 Å². The average Bonchev–Trinajstić information content (AvgIpc) is 3.33. The Bertz CT molecular complexity index is 3340. The molecular weight excluding hydrogens is 759 g/mol. The summed E-state index contributed by atoms with van der Waals surface area (Å²) in [6.07, 6.45) is 0. The summed E-state index contributed by atoms with van der Waals surface area (Å²) in [4.78, 5) is 18.0. The van der Waals surface area contributed by atoms with Gasteiger partial charge in [-0.15, -0.1) is 0 Å². The van der Waals surface area contributed by atoms with Crippen molar-refractivity contribution in [2.45, 2.75) is 34.5 Å². The molecule has 0 unspecified atom stereocenters. The van der Waals surface area contributed by atoms with Crippen molar-refractivity contribution in [2.75, 3.05) is 0 Å². The molecule has 2 heterocycles. The molecule has 0 saturated carbocycles. The third kappa shape index (κ3) is 5.42. The van der Waals surface area contributed by atoms with Crippen molar-refractivity contribution >= 4 is 33.3 Å². The fourth-order valence-corrected chi connectivity index (χ4v) is 11.5. The predicted molar refractivity (Wildman–Crippen MR) is 251 cm³/mol. The lowest BCUT2D eigenvalue weighted by molar-refractivity contribution is 0.549. The lowest BCUT2D eigenvalue weighted by Crippen LogP contribution is -2.43. The van der Waals surface area contributed by atoms with E-state index in [1.54, 1.807) is 0 Å². The summed E-state index contributed by atoms with van der Waals surface area (Å²) in [5.74, 6) is 1.93. The number of hydrogen-bond donors (Lipinski definition) is 0. The first-order valence-corrected chi connectivity index (χ1v) is 21.8. The van der Waals surface area contributed by atoms with E-state index in [9.17, 15) is 0 Å². The molecule has 10 aromatic rings. The fourth-order valence-electron chi connectivity index (χ4n) is 10.2. The molecular formula is C57H39N3S. The topological polar surface area (TPSA) is 38.7 Å². The molecule has 61 heavy (non-hydrogen) atoms. The van der Waals surface area contributed by atoms with E-state index in [0.717, 1.165) is 27.6 Å². The maximum Gasteiger partial charge on any atom is 0.164 e. The Hall–Kier alpha value is -7.14. The third-order valence-electron chi connectivity index (χ3n) is 13.0. The van der Waals surface area contributed by atoms with E-state index in [4.69, 9.17) is 15.0 Å². The summed E-state index contributed by atoms with van der Waals surface area (Å²) >= 11 is 1.88. The van der Waals surface area contributed by atoms with Gasteiger partial charge in [0.2, 0.25) is 0 Å². The summed E-state index contributed by atoms with van der Waals surface area (Å²) in [6, 6.07) is 72.6. The number of fused-ring (bicyclic) bond motifs is 11. The van der Waals surface area contributed by atoms with Gasteiger partial charge in [0.25, 0.3) is 0 Å². The molecule has 3 nitrogen and oxygen atoms in total. The molecule has 288 valence electrons. The molecule has 12 rings (SSSR count). The van der Waals surface area contributed by atoms with Gasteiger partial charge in [-0.3, -0.25) is 0 Å². The minimum atomic E-state index is -0.493. The highest BCUT2D eigenvalue weighted by Gasteiger charge is 2.52. The number of nitrogens with zero attached hydrogens (tertiary/aromatic N) is 3. The number of rotatable bonds is 4. The van der Waals surface area contributed by atoms with Gasteiger partial charge in [-0.05, 0) is 84.3 Å². The number of aromatic nitrogens is 3. The van der Waals surface area contributed by atoms with Crippen molar-refractivity contribution in [2.24, 2.45) is 0 Å². The van der Waals surface area contributed by atoms with E-state index in [2.05, 4.69) is 196 Å². The monoisotopic (exact) mass is 797 g/mol. The molecule has 9 aromatic carbocycles.